The van der Waals surface area contributed by atoms with Gasteiger partial charge in [0.1, 0.15) is 0 Å². The van der Waals surface area contributed by atoms with Crippen molar-refractivity contribution in [1.82, 2.24) is 5.32 Å². The standard InChI is InChI=1S/C14H16BrNO3/c1-8-2-3-10(15)6-9(8)4-5-16-13(17)11-7-12(11)14(18)19/h2-3,6,11-12H,4-5,7H2,1H3,(H,16,17)(H,18,19)/t11-,12-/m1/s1. The van der Waals surface area contributed by atoms with Crippen molar-refractivity contribution in [2.45, 2.75) is 19.8 Å². The number of carboxylic acid groups (broad SMARTS) is 1. The summed E-state index contributed by atoms with van der Waals surface area (Å²) in [7, 11) is 0. The Labute approximate surface area is 120 Å². The number of halogens is 1. The fourth-order valence-corrected chi connectivity index (χ4v) is 2.53. The van der Waals surface area contributed by atoms with Crippen LogP contribution in [0.4, 0.5) is 0 Å². The van der Waals surface area contributed by atoms with Gasteiger partial charge in [-0.1, -0.05) is 22.0 Å². The quantitative estimate of drug-likeness (QED) is 0.871. The van der Waals surface area contributed by atoms with Crippen LogP contribution in [0.25, 0.3) is 0 Å². The summed E-state index contributed by atoms with van der Waals surface area (Å²) >= 11 is 3.42. The molecule has 1 fully saturated rings. The number of carboxylic acids is 1. The smallest absolute Gasteiger partial charge is 0.307 e. The fraction of sp³-hybridized carbons (Fsp3) is 0.429. The molecule has 1 aliphatic rings. The molecule has 0 heterocycles. The minimum atomic E-state index is -0.872. The zero-order chi connectivity index (χ0) is 14.0. The van der Waals surface area contributed by atoms with Crippen LogP contribution >= 0.6 is 15.9 Å². The third-order valence-corrected chi connectivity index (χ3v) is 3.94. The Balaban J connectivity index is 1.79. The highest BCUT2D eigenvalue weighted by Gasteiger charge is 2.48. The molecule has 1 aliphatic carbocycles. The maximum atomic E-state index is 11.7. The van der Waals surface area contributed by atoms with Crippen molar-refractivity contribution in [2.24, 2.45) is 11.8 Å². The molecule has 0 saturated heterocycles. The number of benzene rings is 1. The number of carbonyl (C=O) groups excluding carboxylic acids is 1. The van der Waals surface area contributed by atoms with Gasteiger partial charge in [0.15, 0.2) is 0 Å². The van der Waals surface area contributed by atoms with E-state index in [2.05, 4.69) is 21.2 Å². The molecule has 2 rings (SSSR count). The monoisotopic (exact) mass is 325 g/mol. The van der Waals surface area contributed by atoms with Crippen molar-refractivity contribution in [3.63, 3.8) is 0 Å². The van der Waals surface area contributed by atoms with E-state index in [-0.39, 0.29) is 11.8 Å². The molecule has 0 spiro atoms. The van der Waals surface area contributed by atoms with E-state index >= 15 is 0 Å². The Kier molecular flexibility index (Phi) is 4.24. The van der Waals surface area contributed by atoms with Gasteiger partial charge in [-0.3, -0.25) is 9.59 Å². The van der Waals surface area contributed by atoms with E-state index in [4.69, 9.17) is 5.11 Å². The van der Waals surface area contributed by atoms with E-state index in [0.717, 1.165) is 10.9 Å². The fourth-order valence-electron chi connectivity index (χ4n) is 2.12. The van der Waals surface area contributed by atoms with E-state index in [0.29, 0.717) is 13.0 Å². The summed E-state index contributed by atoms with van der Waals surface area (Å²) in [5, 5.41) is 11.6. The zero-order valence-electron chi connectivity index (χ0n) is 10.6. The highest BCUT2D eigenvalue weighted by molar-refractivity contribution is 9.10. The van der Waals surface area contributed by atoms with Gasteiger partial charge in [0.2, 0.25) is 5.91 Å². The maximum Gasteiger partial charge on any atom is 0.307 e. The number of hydrogen-bond donors (Lipinski definition) is 2. The predicted molar refractivity (Wildman–Crippen MR) is 74.8 cm³/mol. The number of aliphatic carboxylic acids is 1. The predicted octanol–water partition coefficient (Wildman–Crippen LogP) is 2.14. The van der Waals surface area contributed by atoms with Gasteiger partial charge in [0.05, 0.1) is 11.8 Å². The van der Waals surface area contributed by atoms with Crippen LogP contribution in [0.5, 0.6) is 0 Å². The summed E-state index contributed by atoms with van der Waals surface area (Å²) in [6, 6.07) is 6.06. The van der Waals surface area contributed by atoms with Gasteiger partial charge in [0.25, 0.3) is 0 Å². The van der Waals surface area contributed by atoms with Gasteiger partial charge in [-0.05, 0) is 43.0 Å². The second-order valence-corrected chi connectivity index (χ2v) is 5.81. The SMILES string of the molecule is Cc1ccc(Br)cc1CCNC(=O)[C@@H]1C[C@H]1C(=O)O. The number of amides is 1. The lowest BCUT2D eigenvalue weighted by atomic mass is 10.1. The molecule has 1 aromatic carbocycles. The normalized spacial score (nSPS) is 20.9. The van der Waals surface area contributed by atoms with Crippen LogP contribution in [0.1, 0.15) is 17.5 Å². The van der Waals surface area contributed by atoms with E-state index in [1.54, 1.807) is 0 Å². The van der Waals surface area contributed by atoms with Crippen LogP contribution in [0.15, 0.2) is 22.7 Å². The van der Waals surface area contributed by atoms with Crippen LogP contribution in [0.3, 0.4) is 0 Å². The molecule has 4 nitrogen and oxygen atoms in total. The second kappa shape index (κ2) is 5.74. The van der Waals surface area contributed by atoms with E-state index < -0.39 is 11.9 Å². The second-order valence-electron chi connectivity index (χ2n) is 4.90. The Bertz CT molecular complexity index is 515. The highest BCUT2D eigenvalue weighted by Crippen LogP contribution is 2.38. The van der Waals surface area contributed by atoms with Crippen LogP contribution < -0.4 is 5.32 Å². The first-order valence-electron chi connectivity index (χ1n) is 6.24. The minimum absolute atomic E-state index is 0.139. The molecule has 0 bridgehead atoms. The molecule has 0 unspecified atom stereocenters. The first-order valence-corrected chi connectivity index (χ1v) is 7.04. The third-order valence-electron chi connectivity index (χ3n) is 3.45. The summed E-state index contributed by atoms with van der Waals surface area (Å²) in [5.74, 6) is -1.82. The van der Waals surface area contributed by atoms with Gasteiger partial charge in [-0.25, -0.2) is 0 Å². The minimum Gasteiger partial charge on any atom is -0.481 e. The molecule has 0 aliphatic heterocycles. The molecule has 5 heteroatoms. The first kappa shape index (κ1) is 14.1. The largest absolute Gasteiger partial charge is 0.481 e. The average Bonchev–Trinajstić information content (AvgIpc) is 3.13. The first-order chi connectivity index (χ1) is 8.99. The topological polar surface area (TPSA) is 66.4 Å². The van der Waals surface area contributed by atoms with Crippen molar-refractivity contribution in [1.29, 1.82) is 0 Å². The molecule has 102 valence electrons. The van der Waals surface area contributed by atoms with Gasteiger partial charge in [-0.2, -0.15) is 0 Å². The number of rotatable bonds is 5. The summed E-state index contributed by atoms with van der Waals surface area (Å²) < 4.78 is 1.02. The van der Waals surface area contributed by atoms with Crippen LogP contribution in [-0.4, -0.2) is 23.5 Å². The Morgan fingerprint density at radius 3 is 2.79 bits per heavy atom. The lowest BCUT2D eigenvalue weighted by Gasteiger charge is -2.08. The number of hydrogen-bond acceptors (Lipinski definition) is 2. The Morgan fingerprint density at radius 2 is 2.16 bits per heavy atom. The number of carbonyl (C=O) groups is 2. The van der Waals surface area contributed by atoms with E-state index in [9.17, 15) is 9.59 Å². The number of nitrogens with one attached hydrogen (secondary N) is 1. The van der Waals surface area contributed by atoms with Crippen molar-refractivity contribution in [2.75, 3.05) is 6.54 Å². The molecule has 0 radical (unpaired) electrons. The molecule has 1 amide bonds. The Morgan fingerprint density at radius 1 is 1.42 bits per heavy atom. The molecule has 2 N–H and O–H groups in total. The molecule has 0 aromatic heterocycles. The van der Waals surface area contributed by atoms with Gasteiger partial charge >= 0.3 is 5.97 Å². The third kappa shape index (κ3) is 3.56. The average molecular weight is 326 g/mol. The Hall–Kier alpha value is -1.36. The molecule has 1 saturated carbocycles. The van der Waals surface area contributed by atoms with Crippen LogP contribution in [0, 0.1) is 18.8 Å². The van der Waals surface area contributed by atoms with Crippen molar-refractivity contribution >= 4 is 27.8 Å². The summed E-state index contributed by atoms with van der Waals surface area (Å²) in [4.78, 5) is 22.3. The van der Waals surface area contributed by atoms with Gasteiger partial charge < -0.3 is 10.4 Å². The number of aryl methyl sites for hydroxylation is 1. The van der Waals surface area contributed by atoms with E-state index in [1.165, 1.54) is 11.1 Å². The summed E-state index contributed by atoms with van der Waals surface area (Å²) in [6.45, 7) is 2.57. The summed E-state index contributed by atoms with van der Waals surface area (Å²) in [6.07, 6.45) is 1.22. The zero-order valence-corrected chi connectivity index (χ0v) is 12.2. The maximum absolute atomic E-state index is 11.7. The summed E-state index contributed by atoms with van der Waals surface area (Å²) in [5.41, 5.74) is 2.37. The van der Waals surface area contributed by atoms with Crippen molar-refractivity contribution in [3.8, 4) is 0 Å². The van der Waals surface area contributed by atoms with E-state index in [1.807, 2.05) is 25.1 Å². The molecule has 1 aromatic rings. The van der Waals surface area contributed by atoms with Gasteiger partial charge in [-0.15, -0.1) is 0 Å². The lowest BCUT2D eigenvalue weighted by molar-refractivity contribution is -0.140. The van der Waals surface area contributed by atoms with Crippen LogP contribution in [-0.2, 0) is 16.0 Å². The highest BCUT2D eigenvalue weighted by atomic mass is 79.9. The molecular weight excluding hydrogens is 310 g/mol. The van der Waals surface area contributed by atoms with Crippen LogP contribution in [0.2, 0.25) is 0 Å². The molecule has 19 heavy (non-hydrogen) atoms. The van der Waals surface area contributed by atoms with Crippen molar-refractivity contribution in [3.05, 3.63) is 33.8 Å². The van der Waals surface area contributed by atoms with Crippen molar-refractivity contribution < 1.29 is 14.7 Å². The lowest BCUT2D eigenvalue weighted by Crippen LogP contribution is -2.28. The molecule has 2 atom stereocenters. The molecular formula is C14H16BrNO3. The van der Waals surface area contributed by atoms with Gasteiger partial charge in [0, 0.05) is 11.0 Å².